The van der Waals surface area contributed by atoms with Crippen LogP contribution < -0.4 is 0 Å². The summed E-state index contributed by atoms with van der Waals surface area (Å²) in [6, 6.07) is 0. The van der Waals surface area contributed by atoms with Gasteiger partial charge in [-0.05, 0) is 20.3 Å². The molecule has 1 atom stereocenters. The van der Waals surface area contributed by atoms with E-state index >= 15 is 0 Å². The monoisotopic (exact) mass is 148 g/mol. The Morgan fingerprint density at radius 2 is 1.60 bits per heavy atom. The summed E-state index contributed by atoms with van der Waals surface area (Å²) >= 11 is 0. The number of hydrogen-bond acceptors (Lipinski definition) is 2. The van der Waals surface area contributed by atoms with Crippen molar-refractivity contribution in [2.24, 2.45) is 0 Å². The molecule has 0 amide bonds. The molecule has 0 spiro atoms. The lowest BCUT2D eigenvalue weighted by atomic mass is 10.3. The predicted molar refractivity (Wildman–Crippen MR) is 44.3 cm³/mol. The third kappa shape index (κ3) is 15.7. The molecule has 0 radical (unpaired) electrons. The molecule has 0 saturated heterocycles. The van der Waals surface area contributed by atoms with E-state index in [0.717, 1.165) is 13.0 Å². The zero-order chi connectivity index (χ0) is 8.41. The Balaban J connectivity index is 0. The highest BCUT2D eigenvalue weighted by molar-refractivity contribution is 4.38. The third-order valence-electron chi connectivity index (χ3n) is 1.27. The van der Waals surface area contributed by atoms with Crippen LogP contribution in [0.2, 0.25) is 0 Å². The maximum absolute atomic E-state index is 4.90. The van der Waals surface area contributed by atoms with Crippen molar-refractivity contribution >= 4 is 0 Å². The van der Waals surface area contributed by atoms with Gasteiger partial charge >= 0.3 is 0 Å². The van der Waals surface area contributed by atoms with Gasteiger partial charge in [-0.2, -0.15) is 0 Å². The van der Waals surface area contributed by atoms with Gasteiger partial charge in [0.2, 0.25) is 0 Å². The fourth-order valence-corrected chi connectivity index (χ4v) is 0.167. The fraction of sp³-hybridized carbons (Fsp3) is 1.00. The van der Waals surface area contributed by atoms with Crippen LogP contribution >= 0.6 is 0 Å². The van der Waals surface area contributed by atoms with Gasteiger partial charge < -0.3 is 9.47 Å². The number of ether oxygens (including phenoxy) is 2. The zero-order valence-corrected chi connectivity index (χ0v) is 7.81. The van der Waals surface area contributed by atoms with Crippen LogP contribution in [0.5, 0.6) is 0 Å². The molecule has 0 fully saturated rings. The van der Waals surface area contributed by atoms with Crippen molar-refractivity contribution in [3.05, 3.63) is 0 Å². The maximum Gasteiger partial charge on any atom is 0.0540 e. The van der Waals surface area contributed by atoms with Gasteiger partial charge in [0.15, 0.2) is 0 Å². The molecular formula is C8H20O2. The first-order chi connectivity index (χ1) is 4.72. The molecule has 0 aliphatic rings. The molecule has 1 unspecified atom stereocenters. The van der Waals surface area contributed by atoms with Gasteiger partial charge in [0.25, 0.3) is 0 Å². The fourth-order valence-electron chi connectivity index (χ4n) is 0.167. The minimum absolute atomic E-state index is 0.435. The summed E-state index contributed by atoms with van der Waals surface area (Å²) in [4.78, 5) is 0. The Morgan fingerprint density at radius 3 is 1.60 bits per heavy atom. The van der Waals surface area contributed by atoms with Crippen LogP contribution in [0.1, 0.15) is 27.2 Å². The number of rotatable bonds is 3. The van der Waals surface area contributed by atoms with Crippen LogP contribution in [-0.4, -0.2) is 26.9 Å². The Labute approximate surface area is 64.5 Å². The molecule has 0 aliphatic heterocycles. The van der Waals surface area contributed by atoms with Crippen LogP contribution in [0.25, 0.3) is 0 Å². The van der Waals surface area contributed by atoms with Gasteiger partial charge in [-0.15, -0.1) is 0 Å². The van der Waals surface area contributed by atoms with Crippen molar-refractivity contribution in [3.63, 3.8) is 0 Å². The SMILES string of the molecule is CCC(C)OC.CCOC. The molecule has 2 nitrogen and oxygen atoms in total. The quantitative estimate of drug-likeness (QED) is 0.610. The third-order valence-corrected chi connectivity index (χ3v) is 1.27. The molecule has 0 bridgehead atoms. The average molecular weight is 148 g/mol. The Kier molecular flexibility index (Phi) is 14.7. The predicted octanol–water partition coefficient (Wildman–Crippen LogP) is 2.08. The van der Waals surface area contributed by atoms with Gasteiger partial charge in [-0.25, -0.2) is 0 Å². The van der Waals surface area contributed by atoms with Gasteiger partial charge in [0.05, 0.1) is 6.10 Å². The lowest BCUT2D eigenvalue weighted by Crippen LogP contribution is -2.00. The first-order valence-electron chi connectivity index (χ1n) is 3.74. The largest absolute Gasteiger partial charge is 0.385 e. The molecule has 2 heteroatoms. The van der Waals surface area contributed by atoms with Gasteiger partial charge in [0.1, 0.15) is 0 Å². The molecule has 0 aromatic carbocycles. The van der Waals surface area contributed by atoms with E-state index in [1.165, 1.54) is 0 Å². The lowest BCUT2D eigenvalue weighted by molar-refractivity contribution is 0.115. The molecule has 0 saturated carbocycles. The summed E-state index contributed by atoms with van der Waals surface area (Å²) in [5, 5.41) is 0. The summed E-state index contributed by atoms with van der Waals surface area (Å²) in [5.74, 6) is 0. The average Bonchev–Trinajstić information content (AvgIpc) is 2.03. The molecule has 0 aromatic heterocycles. The van der Waals surface area contributed by atoms with Crippen molar-refractivity contribution in [1.82, 2.24) is 0 Å². The first kappa shape index (κ1) is 12.6. The second kappa shape index (κ2) is 11.7. The summed E-state index contributed by atoms with van der Waals surface area (Å²) in [7, 11) is 3.41. The van der Waals surface area contributed by atoms with E-state index in [1.54, 1.807) is 14.2 Å². The Morgan fingerprint density at radius 1 is 1.20 bits per heavy atom. The lowest BCUT2D eigenvalue weighted by Gasteiger charge is -2.01. The summed E-state index contributed by atoms with van der Waals surface area (Å²) in [6.07, 6.45) is 1.54. The van der Waals surface area contributed by atoms with Gasteiger partial charge in [-0.3, -0.25) is 0 Å². The van der Waals surface area contributed by atoms with Crippen LogP contribution in [0.15, 0.2) is 0 Å². The van der Waals surface area contributed by atoms with E-state index in [9.17, 15) is 0 Å². The Bertz CT molecular complexity index is 40.5. The van der Waals surface area contributed by atoms with Gasteiger partial charge in [-0.1, -0.05) is 6.92 Å². The molecule has 0 aromatic rings. The molecule has 64 valence electrons. The highest BCUT2D eigenvalue weighted by Crippen LogP contribution is 1.89. The molecule has 0 rings (SSSR count). The van der Waals surface area contributed by atoms with E-state index in [4.69, 9.17) is 4.74 Å². The molecule has 10 heavy (non-hydrogen) atoms. The number of methoxy groups -OCH3 is 2. The molecule has 0 N–H and O–H groups in total. The Hall–Kier alpha value is -0.0800. The second-order valence-electron chi connectivity index (χ2n) is 2.03. The van der Waals surface area contributed by atoms with E-state index in [2.05, 4.69) is 18.6 Å². The van der Waals surface area contributed by atoms with Crippen molar-refractivity contribution < 1.29 is 9.47 Å². The van der Waals surface area contributed by atoms with Crippen molar-refractivity contribution in [2.45, 2.75) is 33.3 Å². The standard InChI is InChI=1S/C5H12O.C3H8O/c1-4-5(2)6-3;1-3-4-2/h5H,4H2,1-3H3;3H2,1-2H3. The highest BCUT2D eigenvalue weighted by Gasteiger charge is 1.88. The van der Waals surface area contributed by atoms with E-state index in [0.29, 0.717) is 6.10 Å². The van der Waals surface area contributed by atoms with Crippen LogP contribution in [0.3, 0.4) is 0 Å². The van der Waals surface area contributed by atoms with Crippen LogP contribution in [0.4, 0.5) is 0 Å². The second-order valence-corrected chi connectivity index (χ2v) is 2.03. The normalized spacial score (nSPS) is 11.7. The maximum atomic E-state index is 4.90. The van der Waals surface area contributed by atoms with Gasteiger partial charge in [0, 0.05) is 20.8 Å². The van der Waals surface area contributed by atoms with E-state index < -0.39 is 0 Å². The minimum Gasteiger partial charge on any atom is -0.385 e. The van der Waals surface area contributed by atoms with Crippen molar-refractivity contribution in [1.29, 1.82) is 0 Å². The molecule has 0 aliphatic carbocycles. The summed E-state index contributed by atoms with van der Waals surface area (Å²) < 4.78 is 9.44. The van der Waals surface area contributed by atoms with Crippen LogP contribution in [-0.2, 0) is 9.47 Å². The topological polar surface area (TPSA) is 18.5 Å². The molecular weight excluding hydrogens is 128 g/mol. The van der Waals surface area contributed by atoms with Crippen molar-refractivity contribution in [3.8, 4) is 0 Å². The van der Waals surface area contributed by atoms with E-state index in [-0.39, 0.29) is 0 Å². The minimum atomic E-state index is 0.435. The van der Waals surface area contributed by atoms with Crippen molar-refractivity contribution in [2.75, 3.05) is 20.8 Å². The summed E-state index contributed by atoms with van der Waals surface area (Å²) in [5.41, 5.74) is 0. The van der Waals surface area contributed by atoms with E-state index in [1.807, 2.05) is 6.92 Å². The first-order valence-corrected chi connectivity index (χ1v) is 3.74. The number of hydrogen-bond donors (Lipinski definition) is 0. The zero-order valence-electron chi connectivity index (χ0n) is 7.81. The highest BCUT2D eigenvalue weighted by atomic mass is 16.5. The van der Waals surface area contributed by atoms with Crippen LogP contribution in [0, 0.1) is 0 Å². The molecule has 0 heterocycles. The summed E-state index contributed by atoms with van der Waals surface area (Å²) in [6.45, 7) is 6.94. The smallest absolute Gasteiger partial charge is 0.0540 e.